The van der Waals surface area contributed by atoms with Crippen molar-refractivity contribution in [3.05, 3.63) is 24.3 Å². The van der Waals surface area contributed by atoms with Crippen molar-refractivity contribution in [2.75, 3.05) is 13.7 Å². The van der Waals surface area contributed by atoms with Crippen LogP contribution in [0.3, 0.4) is 0 Å². The van der Waals surface area contributed by atoms with Crippen LogP contribution >= 0.6 is 0 Å². The number of methoxy groups -OCH3 is 1. The van der Waals surface area contributed by atoms with Gasteiger partial charge in [-0.3, -0.25) is 9.59 Å². The van der Waals surface area contributed by atoms with Gasteiger partial charge in [0.2, 0.25) is 0 Å². The lowest BCUT2D eigenvalue weighted by Crippen LogP contribution is -2.12. The number of esters is 2. The predicted molar refractivity (Wildman–Crippen MR) is 78.3 cm³/mol. The highest BCUT2D eigenvalue weighted by Gasteiger charge is 2.10. The zero-order valence-electron chi connectivity index (χ0n) is 12.6. The van der Waals surface area contributed by atoms with E-state index in [1.165, 1.54) is 0 Å². The lowest BCUT2D eigenvalue weighted by Gasteiger charge is -2.06. The van der Waals surface area contributed by atoms with Crippen molar-refractivity contribution in [2.24, 2.45) is 0 Å². The summed E-state index contributed by atoms with van der Waals surface area (Å²) in [6.07, 6.45) is 3.02. The van der Waals surface area contributed by atoms with Crippen LogP contribution in [-0.4, -0.2) is 25.7 Å². The van der Waals surface area contributed by atoms with E-state index in [-0.39, 0.29) is 18.8 Å². The van der Waals surface area contributed by atoms with E-state index in [9.17, 15) is 9.59 Å². The first-order valence-electron chi connectivity index (χ1n) is 7.16. The standard InChI is InChI=1S/C16H22O5/c1-3-4-5-12-20-15(17)10-11-16(18)21-14-8-6-13(19-2)7-9-14/h6-9H,3-5,10-12H2,1-2H3. The number of benzene rings is 1. The molecular weight excluding hydrogens is 272 g/mol. The van der Waals surface area contributed by atoms with Crippen LogP contribution in [0.4, 0.5) is 0 Å². The van der Waals surface area contributed by atoms with Crippen LogP contribution in [0.5, 0.6) is 11.5 Å². The van der Waals surface area contributed by atoms with E-state index in [4.69, 9.17) is 14.2 Å². The normalized spacial score (nSPS) is 10.0. The lowest BCUT2D eigenvalue weighted by atomic mass is 10.3. The van der Waals surface area contributed by atoms with Gasteiger partial charge in [0.25, 0.3) is 0 Å². The van der Waals surface area contributed by atoms with Gasteiger partial charge in [-0.2, -0.15) is 0 Å². The van der Waals surface area contributed by atoms with Crippen molar-refractivity contribution in [3.8, 4) is 11.5 Å². The van der Waals surface area contributed by atoms with Crippen molar-refractivity contribution < 1.29 is 23.8 Å². The maximum atomic E-state index is 11.6. The van der Waals surface area contributed by atoms with Gasteiger partial charge in [0.15, 0.2) is 0 Å². The molecule has 0 aliphatic heterocycles. The van der Waals surface area contributed by atoms with Gasteiger partial charge in [0, 0.05) is 0 Å². The summed E-state index contributed by atoms with van der Waals surface area (Å²) in [5, 5.41) is 0. The molecule has 1 aromatic rings. The molecule has 0 radical (unpaired) electrons. The van der Waals surface area contributed by atoms with E-state index in [2.05, 4.69) is 6.92 Å². The van der Waals surface area contributed by atoms with E-state index in [0.717, 1.165) is 19.3 Å². The average Bonchev–Trinajstić information content (AvgIpc) is 2.50. The van der Waals surface area contributed by atoms with Crippen LogP contribution in [0.1, 0.15) is 39.0 Å². The highest BCUT2D eigenvalue weighted by atomic mass is 16.5. The summed E-state index contributed by atoms with van der Waals surface area (Å²) in [6.45, 7) is 2.50. The molecule has 0 aliphatic rings. The molecule has 0 bridgehead atoms. The Kier molecular flexibility index (Phi) is 7.94. The van der Waals surface area contributed by atoms with E-state index in [1.54, 1.807) is 31.4 Å². The van der Waals surface area contributed by atoms with Gasteiger partial charge in [-0.25, -0.2) is 0 Å². The third-order valence-electron chi connectivity index (χ3n) is 2.84. The summed E-state index contributed by atoms with van der Waals surface area (Å²) in [5.41, 5.74) is 0. The van der Waals surface area contributed by atoms with Crippen LogP contribution in [0.15, 0.2) is 24.3 Å². The SMILES string of the molecule is CCCCCOC(=O)CCC(=O)Oc1ccc(OC)cc1. The van der Waals surface area contributed by atoms with Crippen LogP contribution in [-0.2, 0) is 14.3 Å². The lowest BCUT2D eigenvalue weighted by molar-refractivity contribution is -0.147. The molecule has 0 saturated carbocycles. The molecule has 5 heteroatoms. The second-order valence-corrected chi connectivity index (χ2v) is 4.58. The largest absolute Gasteiger partial charge is 0.497 e. The number of unbranched alkanes of at least 4 members (excludes halogenated alkanes) is 2. The summed E-state index contributed by atoms with van der Waals surface area (Å²) in [6, 6.07) is 6.68. The molecule has 0 unspecified atom stereocenters. The third-order valence-corrected chi connectivity index (χ3v) is 2.84. The van der Waals surface area contributed by atoms with Gasteiger partial charge in [-0.1, -0.05) is 19.8 Å². The first kappa shape index (κ1) is 17.0. The van der Waals surface area contributed by atoms with Crippen LogP contribution in [0, 0.1) is 0 Å². The van der Waals surface area contributed by atoms with Crippen LogP contribution < -0.4 is 9.47 Å². The molecule has 5 nitrogen and oxygen atoms in total. The zero-order valence-corrected chi connectivity index (χ0v) is 12.6. The van der Waals surface area contributed by atoms with Crippen LogP contribution in [0.25, 0.3) is 0 Å². The Hall–Kier alpha value is -2.04. The molecule has 0 spiro atoms. The second kappa shape index (κ2) is 9.80. The molecule has 0 atom stereocenters. The molecule has 21 heavy (non-hydrogen) atoms. The highest BCUT2D eigenvalue weighted by molar-refractivity contribution is 5.79. The summed E-state index contributed by atoms with van der Waals surface area (Å²) in [7, 11) is 1.56. The highest BCUT2D eigenvalue weighted by Crippen LogP contribution is 2.17. The number of hydrogen-bond donors (Lipinski definition) is 0. The molecule has 0 fully saturated rings. The van der Waals surface area contributed by atoms with Gasteiger partial charge in [0.05, 0.1) is 26.6 Å². The second-order valence-electron chi connectivity index (χ2n) is 4.58. The Bertz CT molecular complexity index is 438. The Labute approximate surface area is 125 Å². The summed E-state index contributed by atoms with van der Waals surface area (Å²) >= 11 is 0. The van der Waals surface area contributed by atoms with Gasteiger partial charge < -0.3 is 14.2 Å². The predicted octanol–water partition coefficient (Wildman–Crippen LogP) is 3.11. The molecule has 116 valence electrons. The molecule has 0 aromatic heterocycles. The topological polar surface area (TPSA) is 61.8 Å². The number of ether oxygens (including phenoxy) is 3. The number of rotatable bonds is 9. The van der Waals surface area contributed by atoms with E-state index in [1.807, 2.05) is 0 Å². The Morgan fingerprint density at radius 2 is 1.57 bits per heavy atom. The van der Waals surface area contributed by atoms with Gasteiger partial charge in [0.1, 0.15) is 11.5 Å². The molecular formula is C16H22O5. The minimum Gasteiger partial charge on any atom is -0.497 e. The van der Waals surface area contributed by atoms with Crippen molar-refractivity contribution in [3.63, 3.8) is 0 Å². The Morgan fingerprint density at radius 3 is 2.19 bits per heavy atom. The summed E-state index contributed by atoms with van der Waals surface area (Å²) in [4.78, 5) is 23.0. The Morgan fingerprint density at radius 1 is 0.952 bits per heavy atom. The van der Waals surface area contributed by atoms with Crippen molar-refractivity contribution in [1.29, 1.82) is 0 Å². The first-order chi connectivity index (χ1) is 10.2. The van der Waals surface area contributed by atoms with Crippen molar-refractivity contribution in [2.45, 2.75) is 39.0 Å². The molecule has 1 aromatic carbocycles. The number of carbonyl (C=O) groups excluding carboxylic acids is 2. The number of hydrogen-bond acceptors (Lipinski definition) is 5. The monoisotopic (exact) mass is 294 g/mol. The number of carbonyl (C=O) groups is 2. The molecule has 0 N–H and O–H groups in total. The van der Waals surface area contributed by atoms with E-state index >= 15 is 0 Å². The first-order valence-corrected chi connectivity index (χ1v) is 7.16. The average molecular weight is 294 g/mol. The maximum Gasteiger partial charge on any atom is 0.311 e. The fourth-order valence-electron chi connectivity index (χ4n) is 1.64. The van der Waals surface area contributed by atoms with Crippen molar-refractivity contribution >= 4 is 11.9 Å². The third kappa shape index (κ3) is 7.34. The van der Waals surface area contributed by atoms with E-state index in [0.29, 0.717) is 18.1 Å². The van der Waals surface area contributed by atoms with E-state index < -0.39 is 5.97 Å². The quantitative estimate of drug-likeness (QED) is 0.398. The molecule has 0 aliphatic carbocycles. The molecule has 0 amide bonds. The minimum atomic E-state index is -0.453. The fourth-order valence-corrected chi connectivity index (χ4v) is 1.64. The smallest absolute Gasteiger partial charge is 0.311 e. The summed E-state index contributed by atoms with van der Waals surface area (Å²) in [5.74, 6) is 0.297. The molecule has 1 rings (SSSR count). The molecule has 0 heterocycles. The van der Waals surface area contributed by atoms with Crippen LogP contribution in [0.2, 0.25) is 0 Å². The fraction of sp³-hybridized carbons (Fsp3) is 0.500. The maximum absolute atomic E-state index is 11.6. The van der Waals surface area contributed by atoms with Crippen molar-refractivity contribution in [1.82, 2.24) is 0 Å². The zero-order chi connectivity index (χ0) is 15.5. The minimum absolute atomic E-state index is 0.0125. The van der Waals surface area contributed by atoms with Gasteiger partial charge in [-0.15, -0.1) is 0 Å². The molecule has 0 saturated heterocycles. The van der Waals surface area contributed by atoms with Gasteiger partial charge >= 0.3 is 11.9 Å². The summed E-state index contributed by atoms with van der Waals surface area (Å²) < 4.78 is 15.1. The Balaban J connectivity index is 2.22. The van der Waals surface area contributed by atoms with Gasteiger partial charge in [-0.05, 0) is 30.7 Å².